The van der Waals surface area contributed by atoms with E-state index < -0.39 is 27.2 Å². The molecule has 28 heavy (non-hydrogen) atoms. The highest BCUT2D eigenvalue weighted by atomic mass is 16.6. The van der Waals surface area contributed by atoms with Gasteiger partial charge in [0.05, 0.1) is 40.3 Å². The molecule has 146 valence electrons. The Bertz CT molecular complexity index is 868. The van der Waals surface area contributed by atoms with Crippen molar-refractivity contribution in [1.29, 1.82) is 0 Å². The number of ether oxygens (including phenoxy) is 2. The van der Waals surface area contributed by atoms with Crippen molar-refractivity contribution in [3.63, 3.8) is 0 Å². The number of nitrogens with zero attached hydrogens (tertiary/aromatic N) is 2. The predicted octanol–water partition coefficient (Wildman–Crippen LogP) is 3.83. The molecule has 0 aliphatic carbocycles. The predicted molar refractivity (Wildman–Crippen MR) is 97.9 cm³/mol. The van der Waals surface area contributed by atoms with Gasteiger partial charge in [0.1, 0.15) is 0 Å². The summed E-state index contributed by atoms with van der Waals surface area (Å²) in [4.78, 5) is 32.7. The van der Waals surface area contributed by atoms with Crippen LogP contribution in [0.2, 0.25) is 0 Å². The second kappa shape index (κ2) is 8.13. The summed E-state index contributed by atoms with van der Waals surface area (Å²) >= 11 is 0. The highest BCUT2D eigenvalue weighted by molar-refractivity contribution is 5.91. The molecule has 1 fully saturated rings. The van der Waals surface area contributed by atoms with E-state index in [4.69, 9.17) is 9.47 Å². The molecule has 9 nitrogen and oxygen atoms in total. The molecule has 3 rings (SSSR count). The molecule has 1 heterocycles. The lowest BCUT2D eigenvalue weighted by molar-refractivity contribution is -0.394. The minimum Gasteiger partial charge on any atom is -0.462 e. The Kier molecular flexibility index (Phi) is 5.65. The first-order valence-corrected chi connectivity index (χ1v) is 8.66. The summed E-state index contributed by atoms with van der Waals surface area (Å²) in [5.74, 6) is -0.937. The maximum absolute atomic E-state index is 12.4. The molecule has 3 atom stereocenters. The van der Waals surface area contributed by atoms with E-state index in [2.05, 4.69) is 0 Å². The average molecular weight is 386 g/mol. The first kappa shape index (κ1) is 19.4. The summed E-state index contributed by atoms with van der Waals surface area (Å²) in [5, 5.41) is 21.9. The van der Waals surface area contributed by atoms with Crippen molar-refractivity contribution >= 4 is 17.3 Å². The van der Waals surface area contributed by atoms with Crippen LogP contribution >= 0.6 is 0 Å². The largest absolute Gasteiger partial charge is 0.462 e. The number of non-ortho nitro benzene ring substituents is 2. The van der Waals surface area contributed by atoms with Crippen molar-refractivity contribution in [3.8, 4) is 0 Å². The van der Waals surface area contributed by atoms with Gasteiger partial charge in [-0.05, 0) is 18.9 Å². The zero-order valence-corrected chi connectivity index (χ0v) is 15.0. The van der Waals surface area contributed by atoms with E-state index in [1.165, 1.54) is 0 Å². The molecule has 0 aromatic heterocycles. The Morgan fingerprint density at radius 3 is 2.29 bits per heavy atom. The molecule has 0 saturated carbocycles. The zero-order chi connectivity index (χ0) is 20.3. The average Bonchev–Trinajstić information content (AvgIpc) is 3.07. The lowest BCUT2D eigenvalue weighted by Gasteiger charge is -2.19. The van der Waals surface area contributed by atoms with Gasteiger partial charge in [-0.25, -0.2) is 4.79 Å². The van der Waals surface area contributed by atoms with E-state index in [9.17, 15) is 25.0 Å². The van der Waals surface area contributed by atoms with Gasteiger partial charge >= 0.3 is 5.97 Å². The maximum atomic E-state index is 12.4. The van der Waals surface area contributed by atoms with Gasteiger partial charge in [-0.2, -0.15) is 0 Å². The minimum atomic E-state index is -0.849. The van der Waals surface area contributed by atoms with E-state index in [0.717, 1.165) is 23.8 Å². The molecule has 2 aromatic rings. The van der Waals surface area contributed by atoms with Crippen molar-refractivity contribution < 1.29 is 24.1 Å². The Balaban J connectivity index is 1.74. The molecule has 0 N–H and O–H groups in total. The second-order valence-corrected chi connectivity index (χ2v) is 6.62. The van der Waals surface area contributed by atoms with Crippen LogP contribution in [0.25, 0.3) is 0 Å². The molecule has 1 aliphatic heterocycles. The second-order valence-electron chi connectivity index (χ2n) is 6.62. The smallest absolute Gasteiger partial charge is 0.338 e. The molecule has 0 bridgehead atoms. The molecule has 2 aromatic carbocycles. The van der Waals surface area contributed by atoms with Gasteiger partial charge in [-0.3, -0.25) is 20.2 Å². The van der Waals surface area contributed by atoms with Gasteiger partial charge in [0.2, 0.25) is 0 Å². The normalized spacial score (nSPS) is 21.2. The molecule has 0 unspecified atom stereocenters. The quantitative estimate of drug-likeness (QED) is 0.420. The number of hydrogen-bond acceptors (Lipinski definition) is 7. The number of benzene rings is 2. The highest BCUT2D eigenvalue weighted by Crippen LogP contribution is 2.38. The Labute approximate surface area is 160 Å². The lowest BCUT2D eigenvalue weighted by Crippen LogP contribution is -2.17. The third kappa shape index (κ3) is 4.32. The van der Waals surface area contributed by atoms with Gasteiger partial charge in [0.25, 0.3) is 11.4 Å². The minimum absolute atomic E-state index is 0.00666. The Morgan fingerprint density at radius 2 is 1.71 bits per heavy atom. The molecular formula is C19H18N2O7. The number of rotatable bonds is 6. The topological polar surface area (TPSA) is 122 Å². The van der Waals surface area contributed by atoms with Crippen LogP contribution in [0, 0.1) is 26.1 Å². The number of esters is 1. The van der Waals surface area contributed by atoms with Crippen LogP contribution in [0.3, 0.4) is 0 Å². The van der Waals surface area contributed by atoms with Gasteiger partial charge in [0, 0.05) is 18.1 Å². The van der Waals surface area contributed by atoms with Gasteiger partial charge < -0.3 is 9.47 Å². The first-order chi connectivity index (χ1) is 13.3. The SMILES string of the molecule is C[C@H]1C[C@H](COC(=O)c2cc([N+](=O)[O-])cc([N+](=O)[O-])c2)[C@@H](c2ccccc2)O1. The molecule has 1 saturated heterocycles. The zero-order valence-electron chi connectivity index (χ0n) is 15.0. The van der Waals surface area contributed by atoms with Crippen LogP contribution in [0.1, 0.15) is 35.4 Å². The fourth-order valence-corrected chi connectivity index (χ4v) is 3.31. The summed E-state index contributed by atoms with van der Waals surface area (Å²) in [6, 6.07) is 12.3. The van der Waals surface area contributed by atoms with Gasteiger partial charge in [0.15, 0.2) is 0 Å². The lowest BCUT2D eigenvalue weighted by atomic mass is 9.95. The number of carbonyl (C=O) groups excluding carboxylic acids is 1. The van der Waals surface area contributed by atoms with Crippen LogP contribution in [-0.4, -0.2) is 28.5 Å². The third-order valence-corrected chi connectivity index (χ3v) is 4.56. The first-order valence-electron chi connectivity index (χ1n) is 8.66. The van der Waals surface area contributed by atoms with Crippen molar-refractivity contribution in [2.75, 3.05) is 6.61 Å². The monoisotopic (exact) mass is 386 g/mol. The number of nitro groups is 2. The van der Waals surface area contributed by atoms with Crippen LogP contribution in [0.5, 0.6) is 0 Å². The van der Waals surface area contributed by atoms with E-state index in [1.807, 2.05) is 37.3 Å². The number of carbonyl (C=O) groups is 1. The standard InChI is InChI=1S/C19H18N2O7/c1-12-7-15(18(28-12)13-5-3-2-4-6-13)11-27-19(22)14-8-16(20(23)24)10-17(9-14)21(25)26/h2-6,8-10,12,15,18H,7,11H2,1H3/t12-,15+,18+/m0/s1. The highest BCUT2D eigenvalue weighted by Gasteiger charge is 2.35. The van der Waals surface area contributed by atoms with Crippen molar-refractivity contribution in [1.82, 2.24) is 0 Å². The van der Waals surface area contributed by atoms with Crippen LogP contribution in [0.15, 0.2) is 48.5 Å². The fourth-order valence-electron chi connectivity index (χ4n) is 3.31. The maximum Gasteiger partial charge on any atom is 0.338 e. The third-order valence-electron chi connectivity index (χ3n) is 4.56. The summed E-state index contributed by atoms with van der Waals surface area (Å²) in [6.07, 6.45) is 0.443. The van der Waals surface area contributed by atoms with E-state index in [0.29, 0.717) is 6.42 Å². The number of nitro benzene ring substituents is 2. The molecular weight excluding hydrogens is 368 g/mol. The molecule has 1 aliphatic rings. The van der Waals surface area contributed by atoms with Crippen molar-refractivity contribution in [2.45, 2.75) is 25.6 Å². The fraction of sp³-hybridized carbons (Fsp3) is 0.316. The summed E-state index contributed by atoms with van der Waals surface area (Å²) in [7, 11) is 0. The van der Waals surface area contributed by atoms with Gasteiger partial charge in [-0.1, -0.05) is 30.3 Å². The number of hydrogen-bond donors (Lipinski definition) is 0. The summed E-state index contributed by atoms with van der Waals surface area (Å²) < 4.78 is 11.2. The van der Waals surface area contributed by atoms with E-state index >= 15 is 0 Å². The molecule has 0 amide bonds. The molecule has 0 radical (unpaired) electrons. The van der Waals surface area contributed by atoms with Crippen molar-refractivity contribution in [3.05, 3.63) is 79.9 Å². The molecule has 0 spiro atoms. The van der Waals surface area contributed by atoms with E-state index in [-0.39, 0.29) is 30.3 Å². The van der Waals surface area contributed by atoms with Gasteiger partial charge in [-0.15, -0.1) is 0 Å². The summed E-state index contributed by atoms with van der Waals surface area (Å²) in [5.41, 5.74) is -0.342. The van der Waals surface area contributed by atoms with E-state index in [1.54, 1.807) is 0 Å². The molecule has 9 heteroatoms. The summed E-state index contributed by atoms with van der Waals surface area (Å²) in [6.45, 7) is 1.97. The van der Waals surface area contributed by atoms with Crippen LogP contribution < -0.4 is 0 Å². The van der Waals surface area contributed by atoms with Crippen LogP contribution in [-0.2, 0) is 9.47 Å². The Morgan fingerprint density at radius 1 is 1.11 bits per heavy atom. The van der Waals surface area contributed by atoms with Crippen LogP contribution in [0.4, 0.5) is 11.4 Å². The van der Waals surface area contributed by atoms with Crippen molar-refractivity contribution in [2.24, 2.45) is 5.92 Å². The Hall–Kier alpha value is -3.33.